The molecule has 20 heavy (non-hydrogen) atoms. The van der Waals surface area contributed by atoms with Gasteiger partial charge in [0.1, 0.15) is 5.56 Å². The molecule has 1 amide bonds. The zero-order valence-corrected chi connectivity index (χ0v) is 11.8. The number of aryl methyl sites for hydroxylation is 1. The van der Waals surface area contributed by atoms with Crippen LogP contribution in [0.3, 0.4) is 0 Å². The zero-order valence-electron chi connectivity index (χ0n) is 11.8. The fourth-order valence-electron chi connectivity index (χ4n) is 2.49. The Morgan fingerprint density at radius 2 is 2.00 bits per heavy atom. The number of rotatable bonds is 2. The van der Waals surface area contributed by atoms with Gasteiger partial charge in [0.2, 0.25) is 0 Å². The van der Waals surface area contributed by atoms with Crippen molar-refractivity contribution in [3.8, 4) is 0 Å². The third kappa shape index (κ3) is 2.96. The standard InChI is InChI=1S/C14H19N3O3/c1-11-5-3-6-12(13(11)17(19)20)14(18)16-8-4-7-15(2)9-10-16/h3,5-6H,4,7-10H2,1-2H3. The molecule has 0 atom stereocenters. The number of nitro groups is 1. The molecule has 2 rings (SSSR count). The number of hydrogen-bond donors (Lipinski definition) is 0. The van der Waals surface area contributed by atoms with Gasteiger partial charge in [0, 0.05) is 25.2 Å². The molecule has 1 aliphatic rings. The van der Waals surface area contributed by atoms with Crippen molar-refractivity contribution in [2.24, 2.45) is 0 Å². The molecule has 0 aliphatic carbocycles. The van der Waals surface area contributed by atoms with E-state index >= 15 is 0 Å². The van der Waals surface area contributed by atoms with E-state index in [0.29, 0.717) is 18.7 Å². The molecule has 0 aromatic heterocycles. The summed E-state index contributed by atoms with van der Waals surface area (Å²) in [5, 5.41) is 11.2. The number of carbonyl (C=O) groups is 1. The molecule has 6 nitrogen and oxygen atoms in total. The molecule has 0 N–H and O–H groups in total. The highest BCUT2D eigenvalue weighted by atomic mass is 16.6. The summed E-state index contributed by atoms with van der Waals surface area (Å²) in [4.78, 5) is 27.1. The van der Waals surface area contributed by atoms with Crippen LogP contribution in [-0.4, -0.2) is 53.9 Å². The molecule has 0 saturated carbocycles. The Hall–Kier alpha value is -1.95. The maximum Gasteiger partial charge on any atom is 0.285 e. The highest BCUT2D eigenvalue weighted by Gasteiger charge is 2.27. The molecule has 1 aliphatic heterocycles. The summed E-state index contributed by atoms with van der Waals surface area (Å²) in [6, 6.07) is 4.90. The minimum absolute atomic E-state index is 0.0740. The molecular formula is C14H19N3O3. The Bertz CT molecular complexity index is 530. The molecule has 1 heterocycles. The first kappa shape index (κ1) is 14.5. The van der Waals surface area contributed by atoms with Crippen LogP contribution in [-0.2, 0) is 0 Å². The summed E-state index contributed by atoms with van der Waals surface area (Å²) in [6.07, 6.45) is 0.891. The van der Waals surface area contributed by atoms with Crippen molar-refractivity contribution < 1.29 is 9.72 Å². The fourth-order valence-corrected chi connectivity index (χ4v) is 2.49. The highest BCUT2D eigenvalue weighted by Crippen LogP contribution is 2.24. The fraction of sp³-hybridized carbons (Fsp3) is 0.500. The van der Waals surface area contributed by atoms with E-state index in [9.17, 15) is 14.9 Å². The summed E-state index contributed by atoms with van der Waals surface area (Å²) in [5.74, 6) is -0.240. The maximum absolute atomic E-state index is 12.5. The van der Waals surface area contributed by atoms with Gasteiger partial charge < -0.3 is 9.80 Å². The summed E-state index contributed by atoms with van der Waals surface area (Å²) in [6.45, 7) is 4.66. The summed E-state index contributed by atoms with van der Waals surface area (Å²) in [7, 11) is 2.02. The Morgan fingerprint density at radius 3 is 2.70 bits per heavy atom. The van der Waals surface area contributed by atoms with Crippen LogP contribution in [0.2, 0.25) is 0 Å². The quantitative estimate of drug-likeness (QED) is 0.609. The lowest BCUT2D eigenvalue weighted by Gasteiger charge is -2.20. The van der Waals surface area contributed by atoms with Gasteiger partial charge in [0.05, 0.1) is 4.92 Å². The largest absolute Gasteiger partial charge is 0.337 e. The van der Waals surface area contributed by atoms with Gasteiger partial charge in [0.25, 0.3) is 11.6 Å². The number of amides is 1. The lowest BCUT2D eigenvalue weighted by molar-refractivity contribution is -0.385. The van der Waals surface area contributed by atoms with Crippen LogP contribution in [0.4, 0.5) is 5.69 Å². The molecular weight excluding hydrogens is 258 g/mol. The van der Waals surface area contributed by atoms with Gasteiger partial charge in [-0.2, -0.15) is 0 Å². The lowest BCUT2D eigenvalue weighted by atomic mass is 10.1. The van der Waals surface area contributed by atoms with Crippen LogP contribution in [0.1, 0.15) is 22.3 Å². The number of hydrogen-bond acceptors (Lipinski definition) is 4. The minimum atomic E-state index is -0.466. The van der Waals surface area contributed by atoms with E-state index in [-0.39, 0.29) is 17.2 Å². The van der Waals surface area contributed by atoms with E-state index in [1.165, 1.54) is 0 Å². The number of likely N-dealkylation sites (N-methyl/N-ethyl adjacent to an activating group) is 1. The predicted molar refractivity (Wildman–Crippen MR) is 75.9 cm³/mol. The van der Waals surface area contributed by atoms with Gasteiger partial charge >= 0.3 is 0 Å². The Balaban J connectivity index is 2.29. The lowest BCUT2D eigenvalue weighted by Crippen LogP contribution is -2.34. The van der Waals surface area contributed by atoms with E-state index in [0.717, 1.165) is 19.5 Å². The van der Waals surface area contributed by atoms with E-state index in [1.807, 2.05) is 7.05 Å². The summed E-state index contributed by atoms with van der Waals surface area (Å²) >= 11 is 0. The molecule has 1 aromatic carbocycles. The second-order valence-electron chi connectivity index (χ2n) is 5.18. The second kappa shape index (κ2) is 6.00. The van der Waals surface area contributed by atoms with Crippen molar-refractivity contribution in [2.45, 2.75) is 13.3 Å². The van der Waals surface area contributed by atoms with Crippen LogP contribution in [0.25, 0.3) is 0 Å². The summed E-state index contributed by atoms with van der Waals surface area (Å²) < 4.78 is 0. The molecule has 1 saturated heterocycles. The van der Waals surface area contributed by atoms with Crippen LogP contribution in [0.15, 0.2) is 18.2 Å². The van der Waals surface area contributed by atoms with Crippen molar-refractivity contribution in [1.29, 1.82) is 0 Å². The Morgan fingerprint density at radius 1 is 1.25 bits per heavy atom. The number of carbonyl (C=O) groups excluding carboxylic acids is 1. The van der Waals surface area contributed by atoms with Crippen LogP contribution in [0, 0.1) is 17.0 Å². The van der Waals surface area contributed by atoms with Gasteiger partial charge in [-0.3, -0.25) is 14.9 Å². The third-order valence-electron chi connectivity index (χ3n) is 3.66. The van der Waals surface area contributed by atoms with Crippen molar-refractivity contribution in [3.63, 3.8) is 0 Å². The van der Waals surface area contributed by atoms with E-state index < -0.39 is 4.92 Å². The van der Waals surface area contributed by atoms with E-state index in [2.05, 4.69) is 4.90 Å². The average Bonchev–Trinajstić information content (AvgIpc) is 2.62. The molecule has 1 fully saturated rings. The van der Waals surface area contributed by atoms with Gasteiger partial charge in [-0.25, -0.2) is 0 Å². The predicted octanol–water partition coefficient (Wildman–Crippen LogP) is 1.68. The van der Waals surface area contributed by atoms with E-state index in [1.54, 1.807) is 30.0 Å². The maximum atomic E-state index is 12.5. The first-order valence-corrected chi connectivity index (χ1v) is 6.72. The first-order valence-electron chi connectivity index (χ1n) is 6.72. The molecule has 0 spiro atoms. The van der Waals surface area contributed by atoms with E-state index in [4.69, 9.17) is 0 Å². The van der Waals surface area contributed by atoms with Crippen molar-refractivity contribution in [2.75, 3.05) is 33.2 Å². The third-order valence-corrected chi connectivity index (χ3v) is 3.66. The molecule has 0 unspecified atom stereocenters. The number of nitrogens with zero attached hydrogens (tertiary/aromatic N) is 3. The number of nitro benzene ring substituents is 1. The molecule has 0 radical (unpaired) electrons. The van der Waals surface area contributed by atoms with Gasteiger partial charge in [0.15, 0.2) is 0 Å². The van der Waals surface area contributed by atoms with Crippen LogP contribution >= 0.6 is 0 Å². The normalized spacial score (nSPS) is 16.8. The monoisotopic (exact) mass is 277 g/mol. The van der Waals surface area contributed by atoms with Crippen molar-refractivity contribution in [1.82, 2.24) is 9.80 Å². The van der Waals surface area contributed by atoms with Crippen LogP contribution in [0.5, 0.6) is 0 Å². The first-order chi connectivity index (χ1) is 9.50. The second-order valence-corrected chi connectivity index (χ2v) is 5.18. The Labute approximate surface area is 118 Å². The highest BCUT2D eigenvalue weighted by molar-refractivity contribution is 5.98. The smallest absolute Gasteiger partial charge is 0.285 e. The van der Waals surface area contributed by atoms with Crippen molar-refractivity contribution in [3.05, 3.63) is 39.4 Å². The molecule has 0 bridgehead atoms. The van der Waals surface area contributed by atoms with Crippen LogP contribution < -0.4 is 0 Å². The summed E-state index contributed by atoms with van der Waals surface area (Å²) in [5.41, 5.74) is 0.641. The zero-order chi connectivity index (χ0) is 14.7. The number of benzene rings is 1. The van der Waals surface area contributed by atoms with Gasteiger partial charge in [-0.15, -0.1) is 0 Å². The minimum Gasteiger partial charge on any atom is -0.337 e. The molecule has 6 heteroatoms. The topological polar surface area (TPSA) is 66.7 Å². The average molecular weight is 277 g/mol. The van der Waals surface area contributed by atoms with Gasteiger partial charge in [-0.1, -0.05) is 12.1 Å². The Kier molecular flexibility index (Phi) is 4.34. The SMILES string of the molecule is Cc1cccc(C(=O)N2CCCN(C)CC2)c1[N+](=O)[O-]. The molecule has 108 valence electrons. The van der Waals surface area contributed by atoms with Crippen molar-refractivity contribution >= 4 is 11.6 Å². The van der Waals surface area contributed by atoms with Gasteiger partial charge in [-0.05, 0) is 33.0 Å². The molecule has 1 aromatic rings. The number of para-hydroxylation sites is 1.